The van der Waals surface area contributed by atoms with Crippen LogP contribution >= 0.6 is 15.9 Å². The van der Waals surface area contributed by atoms with Gasteiger partial charge in [-0.15, -0.1) is 13.2 Å². The number of anilines is 1. The largest absolute Gasteiger partial charge is 0.573 e. The van der Waals surface area contributed by atoms with Crippen LogP contribution in [0, 0.1) is 0 Å². The lowest BCUT2D eigenvalue weighted by Gasteiger charge is -2.14. The van der Waals surface area contributed by atoms with E-state index in [0.717, 1.165) is 0 Å². The Kier molecular flexibility index (Phi) is 4.43. The average molecular weight is 348 g/mol. The smallest absolute Gasteiger partial charge is 0.404 e. The van der Waals surface area contributed by atoms with E-state index in [1.165, 1.54) is 30.7 Å². The molecule has 106 valence electrons. The van der Waals surface area contributed by atoms with Crippen LogP contribution in [0.25, 0.3) is 0 Å². The first kappa shape index (κ1) is 14.6. The Morgan fingerprint density at radius 1 is 1.25 bits per heavy atom. The van der Waals surface area contributed by atoms with E-state index in [1.54, 1.807) is 6.07 Å². The molecule has 8 heteroatoms. The van der Waals surface area contributed by atoms with Gasteiger partial charge in [-0.2, -0.15) is 0 Å². The van der Waals surface area contributed by atoms with Crippen molar-refractivity contribution in [3.8, 4) is 5.75 Å². The molecule has 0 bridgehead atoms. The van der Waals surface area contributed by atoms with E-state index < -0.39 is 6.36 Å². The van der Waals surface area contributed by atoms with Gasteiger partial charge in [0.1, 0.15) is 0 Å². The van der Waals surface area contributed by atoms with E-state index in [4.69, 9.17) is 0 Å². The summed E-state index contributed by atoms with van der Waals surface area (Å²) in [5.41, 5.74) is 0.824. The van der Waals surface area contributed by atoms with Gasteiger partial charge < -0.3 is 10.1 Å². The van der Waals surface area contributed by atoms with E-state index >= 15 is 0 Å². The van der Waals surface area contributed by atoms with E-state index in [2.05, 4.69) is 36.0 Å². The normalized spacial score (nSPS) is 11.2. The average Bonchev–Trinajstić information content (AvgIpc) is 2.37. The van der Waals surface area contributed by atoms with Crippen LogP contribution in [-0.2, 0) is 6.54 Å². The quantitative estimate of drug-likeness (QED) is 0.914. The van der Waals surface area contributed by atoms with Crippen LogP contribution in [0.5, 0.6) is 5.75 Å². The zero-order valence-corrected chi connectivity index (χ0v) is 11.6. The maximum absolute atomic E-state index is 12.3. The van der Waals surface area contributed by atoms with Gasteiger partial charge in [0.15, 0.2) is 5.75 Å². The van der Waals surface area contributed by atoms with Crippen molar-refractivity contribution in [3.05, 3.63) is 47.0 Å². The molecule has 0 radical (unpaired) electrons. The van der Waals surface area contributed by atoms with Gasteiger partial charge in [-0.3, -0.25) is 9.97 Å². The maximum Gasteiger partial charge on any atom is 0.573 e. The molecule has 0 aliphatic heterocycles. The number of ether oxygens (including phenoxy) is 1. The summed E-state index contributed by atoms with van der Waals surface area (Å²) in [6.45, 7) is 0.240. The predicted octanol–water partition coefficient (Wildman–Crippen LogP) is 3.75. The molecule has 0 amide bonds. The molecule has 2 rings (SSSR count). The Morgan fingerprint density at radius 2 is 2.05 bits per heavy atom. The summed E-state index contributed by atoms with van der Waals surface area (Å²) in [5, 5.41) is 2.83. The fraction of sp³-hybridized carbons (Fsp3) is 0.167. The minimum atomic E-state index is -4.75. The zero-order valence-electron chi connectivity index (χ0n) is 9.99. The summed E-state index contributed by atoms with van der Waals surface area (Å²) in [6, 6.07) is 4.34. The molecule has 0 aliphatic rings. The van der Waals surface area contributed by atoms with Crippen LogP contribution in [0.3, 0.4) is 0 Å². The molecule has 0 fully saturated rings. The third-order valence-corrected chi connectivity index (χ3v) is 2.74. The van der Waals surface area contributed by atoms with Crippen molar-refractivity contribution in [1.29, 1.82) is 0 Å². The molecule has 1 aromatic carbocycles. The Bertz CT molecular complexity index is 578. The Labute approximate surface area is 121 Å². The highest BCUT2D eigenvalue weighted by Gasteiger charge is 2.32. The number of hydrogen-bond acceptors (Lipinski definition) is 4. The fourth-order valence-corrected chi connectivity index (χ4v) is 1.80. The van der Waals surface area contributed by atoms with Crippen molar-refractivity contribution in [1.82, 2.24) is 9.97 Å². The molecule has 0 atom stereocenters. The number of benzene rings is 1. The lowest BCUT2D eigenvalue weighted by molar-refractivity contribution is -0.274. The number of alkyl halides is 3. The predicted molar refractivity (Wildman–Crippen MR) is 70.2 cm³/mol. The van der Waals surface area contributed by atoms with Crippen molar-refractivity contribution >= 4 is 21.6 Å². The van der Waals surface area contributed by atoms with Gasteiger partial charge in [-0.1, -0.05) is 15.9 Å². The monoisotopic (exact) mass is 347 g/mol. The van der Waals surface area contributed by atoms with Gasteiger partial charge in [0.05, 0.1) is 24.1 Å². The molecule has 0 spiro atoms. The van der Waals surface area contributed by atoms with Crippen LogP contribution in [0.15, 0.2) is 41.3 Å². The summed E-state index contributed by atoms with van der Waals surface area (Å²) in [5.74, 6) is -0.309. The van der Waals surface area contributed by atoms with Gasteiger partial charge in [-0.05, 0) is 18.2 Å². The highest BCUT2D eigenvalue weighted by molar-refractivity contribution is 9.10. The zero-order chi connectivity index (χ0) is 14.6. The molecule has 1 heterocycles. The SMILES string of the molecule is FC(F)(F)Oc1cc(Br)ccc1NCc1cnccn1. The summed E-state index contributed by atoms with van der Waals surface area (Å²) < 4.78 is 41.4. The number of nitrogens with one attached hydrogen (secondary N) is 1. The molecule has 2 aromatic rings. The second kappa shape index (κ2) is 6.08. The second-order valence-corrected chi connectivity index (χ2v) is 4.65. The first-order chi connectivity index (χ1) is 9.44. The maximum atomic E-state index is 12.3. The standard InChI is InChI=1S/C12H9BrF3N3O/c13-8-1-2-10(11(5-8)20-12(14,15)16)19-7-9-6-17-3-4-18-9/h1-6,19H,7H2. The van der Waals surface area contributed by atoms with Crippen LogP contribution in [-0.4, -0.2) is 16.3 Å². The highest BCUT2D eigenvalue weighted by Crippen LogP contribution is 2.33. The number of halogens is 4. The molecule has 0 aliphatic carbocycles. The van der Waals surface area contributed by atoms with Crippen LogP contribution in [0.1, 0.15) is 5.69 Å². The summed E-state index contributed by atoms with van der Waals surface area (Å²) in [6.07, 6.45) is -0.201. The molecule has 0 saturated heterocycles. The van der Waals surface area contributed by atoms with Crippen molar-refractivity contribution in [2.45, 2.75) is 12.9 Å². The summed E-state index contributed by atoms with van der Waals surface area (Å²) in [7, 11) is 0. The Hall–Kier alpha value is -1.83. The first-order valence-corrected chi connectivity index (χ1v) is 6.27. The summed E-state index contributed by atoms with van der Waals surface area (Å²) in [4.78, 5) is 7.89. The van der Waals surface area contributed by atoms with Crippen molar-refractivity contribution < 1.29 is 17.9 Å². The van der Waals surface area contributed by atoms with Crippen LogP contribution < -0.4 is 10.1 Å². The van der Waals surface area contributed by atoms with Gasteiger partial charge in [0.25, 0.3) is 0 Å². The molecular weight excluding hydrogens is 339 g/mol. The van der Waals surface area contributed by atoms with Crippen molar-refractivity contribution in [2.24, 2.45) is 0 Å². The Balaban J connectivity index is 2.14. The van der Waals surface area contributed by atoms with Crippen molar-refractivity contribution in [2.75, 3.05) is 5.32 Å². The molecule has 1 aromatic heterocycles. The lowest BCUT2D eigenvalue weighted by Crippen LogP contribution is -2.18. The lowest BCUT2D eigenvalue weighted by atomic mass is 10.3. The molecule has 20 heavy (non-hydrogen) atoms. The minimum absolute atomic E-state index is 0.219. The van der Waals surface area contributed by atoms with E-state index in [9.17, 15) is 13.2 Å². The number of hydrogen-bond donors (Lipinski definition) is 1. The second-order valence-electron chi connectivity index (χ2n) is 3.74. The Morgan fingerprint density at radius 3 is 2.70 bits per heavy atom. The van der Waals surface area contributed by atoms with E-state index in [1.807, 2.05) is 0 Å². The van der Waals surface area contributed by atoms with E-state index in [0.29, 0.717) is 10.2 Å². The molecule has 4 nitrogen and oxygen atoms in total. The number of nitrogens with zero attached hydrogens (tertiary/aromatic N) is 2. The first-order valence-electron chi connectivity index (χ1n) is 5.48. The summed E-state index contributed by atoms with van der Waals surface area (Å²) >= 11 is 3.10. The minimum Gasteiger partial charge on any atom is -0.404 e. The number of rotatable bonds is 4. The van der Waals surface area contributed by atoms with Gasteiger partial charge in [-0.25, -0.2) is 0 Å². The van der Waals surface area contributed by atoms with Gasteiger partial charge in [0.2, 0.25) is 0 Å². The third-order valence-electron chi connectivity index (χ3n) is 2.25. The topological polar surface area (TPSA) is 47.0 Å². The molecular formula is C12H9BrF3N3O. The highest BCUT2D eigenvalue weighted by atomic mass is 79.9. The third kappa shape index (κ3) is 4.37. The molecule has 0 unspecified atom stereocenters. The van der Waals surface area contributed by atoms with Crippen molar-refractivity contribution in [3.63, 3.8) is 0 Å². The van der Waals surface area contributed by atoms with E-state index in [-0.39, 0.29) is 18.0 Å². The number of aromatic nitrogens is 2. The van der Waals surface area contributed by atoms with Gasteiger partial charge >= 0.3 is 6.36 Å². The van der Waals surface area contributed by atoms with Crippen LogP contribution in [0.4, 0.5) is 18.9 Å². The fourth-order valence-electron chi connectivity index (χ4n) is 1.46. The van der Waals surface area contributed by atoms with Gasteiger partial charge in [0, 0.05) is 16.9 Å². The van der Waals surface area contributed by atoms with Crippen LogP contribution in [0.2, 0.25) is 0 Å². The molecule has 1 N–H and O–H groups in total. The molecule has 0 saturated carbocycles.